The van der Waals surface area contributed by atoms with E-state index in [0.717, 1.165) is 40.4 Å². The zero-order chi connectivity index (χ0) is 25.5. The van der Waals surface area contributed by atoms with Gasteiger partial charge in [-0.05, 0) is 35.9 Å². The summed E-state index contributed by atoms with van der Waals surface area (Å²) < 4.78 is 11.6. The third-order valence-electron chi connectivity index (χ3n) is 5.81. The molecule has 0 saturated carbocycles. The van der Waals surface area contributed by atoms with E-state index in [2.05, 4.69) is 15.6 Å². The number of aromatic nitrogens is 2. The number of rotatable bonds is 8. The first-order valence-corrected chi connectivity index (χ1v) is 11.9. The second kappa shape index (κ2) is 11.2. The van der Waals surface area contributed by atoms with Gasteiger partial charge in [0.15, 0.2) is 0 Å². The molecule has 0 bridgehead atoms. The monoisotopic (exact) mass is 489 g/mol. The minimum absolute atomic E-state index is 0.375. The maximum Gasteiger partial charge on any atom is 0.227 e. The van der Waals surface area contributed by atoms with Crippen molar-refractivity contribution < 1.29 is 9.47 Å². The van der Waals surface area contributed by atoms with Crippen molar-refractivity contribution in [3.8, 4) is 5.75 Å². The Kier molecular flexibility index (Phi) is 7.22. The van der Waals surface area contributed by atoms with Crippen LogP contribution in [0.5, 0.6) is 5.75 Å². The van der Waals surface area contributed by atoms with Crippen LogP contribution in [0.2, 0.25) is 0 Å². The number of anilines is 2. The van der Waals surface area contributed by atoms with E-state index in [1.807, 2.05) is 91.2 Å². The van der Waals surface area contributed by atoms with E-state index in [0.29, 0.717) is 29.6 Å². The summed E-state index contributed by atoms with van der Waals surface area (Å²) in [6, 6.07) is 19.6. The zero-order valence-corrected chi connectivity index (χ0v) is 20.4. The minimum atomic E-state index is 0.375. The fourth-order valence-corrected chi connectivity index (χ4v) is 4.00. The molecule has 2 aliphatic rings. The highest BCUT2D eigenvalue weighted by atomic mass is 16.5. The lowest BCUT2D eigenvalue weighted by Crippen LogP contribution is -2.13. The smallest absolute Gasteiger partial charge is 0.227 e. The van der Waals surface area contributed by atoms with Crippen LogP contribution in [0, 0.1) is 5.41 Å². The van der Waals surface area contributed by atoms with E-state index < -0.39 is 0 Å². The Morgan fingerprint density at radius 1 is 1.05 bits per heavy atom. The van der Waals surface area contributed by atoms with E-state index in [1.54, 1.807) is 19.4 Å². The number of ether oxygens (including phenoxy) is 2. The number of methoxy groups -OCH3 is 1. The number of allylic oxidation sites excluding steroid dienone is 6. The van der Waals surface area contributed by atoms with E-state index in [9.17, 15) is 0 Å². The van der Waals surface area contributed by atoms with Crippen LogP contribution >= 0.6 is 0 Å². The molecule has 7 heteroatoms. The predicted molar refractivity (Wildman–Crippen MR) is 147 cm³/mol. The first-order valence-electron chi connectivity index (χ1n) is 11.9. The fraction of sp³-hybridized carbons (Fsp3) is 0.100. The van der Waals surface area contributed by atoms with Gasteiger partial charge in [-0.25, -0.2) is 9.97 Å². The number of nitrogens with zero attached hydrogens (tertiary/aromatic N) is 2. The minimum Gasteiger partial charge on any atom is -0.495 e. The summed E-state index contributed by atoms with van der Waals surface area (Å²) in [4.78, 5) is 9.11. The van der Waals surface area contributed by atoms with Gasteiger partial charge >= 0.3 is 0 Å². The summed E-state index contributed by atoms with van der Waals surface area (Å²) in [5.41, 5.74) is 5.48. The van der Waals surface area contributed by atoms with Crippen molar-refractivity contribution in [2.24, 2.45) is 0 Å². The molecular formula is C30H27N5O2. The van der Waals surface area contributed by atoms with Gasteiger partial charge in [-0.1, -0.05) is 54.6 Å². The van der Waals surface area contributed by atoms with Gasteiger partial charge in [-0.15, -0.1) is 0 Å². The van der Waals surface area contributed by atoms with Crippen molar-refractivity contribution in [3.63, 3.8) is 0 Å². The standard InChI is InChI=1S/C30H27N5O2/c1-36-29(23-9-6-15-32-19-23)26-17-22(12-13-27(26)31)28-14-16-33-30(35-28)34-24-10-5-11-25(18-24)37-20-21-7-3-2-4-8-21/h2-14,16-19,31-32H,15,20H2,1H3,(H,33,34,35)/b29-26-,31-27?. The Balaban J connectivity index is 1.35. The van der Waals surface area contributed by atoms with Gasteiger partial charge in [0.1, 0.15) is 18.1 Å². The molecule has 0 fully saturated rings. The average molecular weight is 490 g/mol. The zero-order valence-electron chi connectivity index (χ0n) is 20.4. The Morgan fingerprint density at radius 3 is 2.76 bits per heavy atom. The number of dihydropyridines is 1. The SMILES string of the molecule is CO/C(C1=CNCC=C1)=C1/C=C(c2ccnc(Nc3cccc(OCc4ccccc4)c3)n2)C=CC1=N. The lowest BCUT2D eigenvalue weighted by Gasteiger charge is -2.18. The Hall–Kier alpha value is -4.91. The molecule has 184 valence electrons. The van der Waals surface area contributed by atoms with Crippen LogP contribution in [0.3, 0.4) is 0 Å². The second-order valence-electron chi connectivity index (χ2n) is 8.40. The summed E-state index contributed by atoms with van der Waals surface area (Å²) in [5, 5.41) is 14.9. The average Bonchev–Trinajstić information content (AvgIpc) is 2.95. The van der Waals surface area contributed by atoms with Crippen molar-refractivity contribution in [3.05, 3.63) is 132 Å². The lowest BCUT2D eigenvalue weighted by molar-refractivity contribution is 0.300. The van der Waals surface area contributed by atoms with Gasteiger partial charge in [0.2, 0.25) is 5.95 Å². The van der Waals surface area contributed by atoms with E-state index >= 15 is 0 Å². The highest BCUT2D eigenvalue weighted by Crippen LogP contribution is 2.28. The summed E-state index contributed by atoms with van der Waals surface area (Å²) in [6.45, 7) is 1.26. The molecule has 3 aromatic rings. The van der Waals surface area contributed by atoms with E-state index in [4.69, 9.17) is 19.9 Å². The number of hydrogen-bond donors (Lipinski definition) is 3. The van der Waals surface area contributed by atoms with Gasteiger partial charge in [-0.2, -0.15) is 0 Å². The predicted octanol–water partition coefficient (Wildman–Crippen LogP) is 5.72. The molecule has 1 aliphatic carbocycles. The van der Waals surface area contributed by atoms with E-state index in [1.165, 1.54) is 0 Å². The highest BCUT2D eigenvalue weighted by Gasteiger charge is 2.18. The largest absolute Gasteiger partial charge is 0.495 e. The number of nitrogens with one attached hydrogen (secondary N) is 3. The number of benzene rings is 2. The molecule has 5 rings (SSSR count). The van der Waals surface area contributed by atoms with E-state index in [-0.39, 0.29) is 0 Å². The maximum atomic E-state index is 8.45. The van der Waals surface area contributed by atoms with Crippen LogP contribution in [0.25, 0.3) is 5.57 Å². The van der Waals surface area contributed by atoms with Crippen molar-refractivity contribution in [2.75, 3.05) is 19.0 Å². The quantitative estimate of drug-likeness (QED) is 0.351. The van der Waals surface area contributed by atoms with Crippen molar-refractivity contribution >= 4 is 22.9 Å². The molecule has 7 nitrogen and oxygen atoms in total. The normalized spacial score (nSPS) is 15.9. The van der Waals surface area contributed by atoms with Gasteiger partial charge in [0.05, 0.1) is 18.5 Å². The third kappa shape index (κ3) is 5.85. The van der Waals surface area contributed by atoms with Crippen LogP contribution in [-0.2, 0) is 11.3 Å². The molecule has 0 radical (unpaired) electrons. The molecule has 0 atom stereocenters. The fourth-order valence-electron chi connectivity index (χ4n) is 4.00. The molecule has 0 unspecified atom stereocenters. The maximum absolute atomic E-state index is 8.45. The van der Waals surface area contributed by atoms with Crippen LogP contribution in [0.1, 0.15) is 11.3 Å². The summed E-state index contributed by atoms with van der Waals surface area (Å²) >= 11 is 0. The Morgan fingerprint density at radius 2 is 1.95 bits per heavy atom. The summed E-state index contributed by atoms with van der Waals surface area (Å²) in [5.74, 6) is 1.85. The molecule has 0 spiro atoms. The highest BCUT2D eigenvalue weighted by molar-refractivity contribution is 6.13. The molecule has 2 heterocycles. The molecule has 1 aliphatic heterocycles. The number of hydrogen-bond acceptors (Lipinski definition) is 7. The van der Waals surface area contributed by atoms with Gasteiger partial charge in [-0.3, -0.25) is 0 Å². The Labute approximate surface area is 216 Å². The molecule has 0 saturated heterocycles. The summed E-state index contributed by atoms with van der Waals surface area (Å²) in [6.07, 6.45) is 13.2. The lowest BCUT2D eigenvalue weighted by atomic mass is 9.94. The molecule has 1 aromatic heterocycles. The van der Waals surface area contributed by atoms with Crippen LogP contribution < -0.4 is 15.4 Å². The topological polar surface area (TPSA) is 92.2 Å². The van der Waals surface area contributed by atoms with Crippen LogP contribution in [-0.4, -0.2) is 29.3 Å². The summed E-state index contributed by atoms with van der Waals surface area (Å²) in [7, 11) is 1.62. The van der Waals surface area contributed by atoms with Gasteiger partial charge in [0.25, 0.3) is 0 Å². The molecule has 0 amide bonds. The van der Waals surface area contributed by atoms with Crippen molar-refractivity contribution in [1.29, 1.82) is 5.41 Å². The van der Waals surface area contributed by atoms with Gasteiger partial charge in [0, 0.05) is 47.4 Å². The molecule has 37 heavy (non-hydrogen) atoms. The molecular weight excluding hydrogens is 462 g/mol. The Bertz CT molecular complexity index is 1450. The molecule has 3 N–H and O–H groups in total. The molecule has 2 aromatic carbocycles. The van der Waals surface area contributed by atoms with Gasteiger partial charge < -0.3 is 25.5 Å². The second-order valence-corrected chi connectivity index (χ2v) is 8.40. The van der Waals surface area contributed by atoms with Crippen LogP contribution in [0.4, 0.5) is 11.6 Å². The first-order chi connectivity index (χ1) is 18.2. The third-order valence-corrected chi connectivity index (χ3v) is 5.81. The van der Waals surface area contributed by atoms with Crippen molar-refractivity contribution in [2.45, 2.75) is 6.61 Å². The van der Waals surface area contributed by atoms with Crippen LogP contribution in [0.15, 0.2) is 120 Å². The van der Waals surface area contributed by atoms with Crippen molar-refractivity contribution in [1.82, 2.24) is 15.3 Å². The first kappa shape index (κ1) is 23.8.